The van der Waals surface area contributed by atoms with Crippen LogP contribution >= 0.6 is 0 Å². The molecule has 0 aliphatic carbocycles. The van der Waals surface area contributed by atoms with E-state index < -0.39 is 23.8 Å². The van der Waals surface area contributed by atoms with Crippen molar-refractivity contribution in [1.29, 1.82) is 0 Å². The molecule has 2 N–H and O–H groups in total. The zero-order valence-corrected chi connectivity index (χ0v) is 23.1. The summed E-state index contributed by atoms with van der Waals surface area (Å²) in [7, 11) is 0. The van der Waals surface area contributed by atoms with Crippen molar-refractivity contribution in [3.8, 4) is 0 Å². The van der Waals surface area contributed by atoms with Crippen LogP contribution in [0.5, 0.6) is 0 Å². The smallest absolute Gasteiger partial charge is 0.408 e. The fourth-order valence-electron chi connectivity index (χ4n) is 4.11. The van der Waals surface area contributed by atoms with E-state index in [2.05, 4.69) is 17.2 Å². The van der Waals surface area contributed by atoms with Gasteiger partial charge in [0.2, 0.25) is 11.8 Å². The van der Waals surface area contributed by atoms with Gasteiger partial charge in [-0.25, -0.2) is 4.79 Å². The van der Waals surface area contributed by atoms with E-state index in [-0.39, 0.29) is 24.3 Å². The third-order valence-electron chi connectivity index (χ3n) is 5.64. The van der Waals surface area contributed by atoms with Gasteiger partial charge in [0.15, 0.2) is 0 Å². The Morgan fingerprint density at radius 1 is 1.03 bits per heavy atom. The summed E-state index contributed by atoms with van der Waals surface area (Å²) in [4.78, 5) is 41.7. The van der Waals surface area contributed by atoms with Crippen molar-refractivity contribution in [2.24, 2.45) is 5.92 Å². The summed E-state index contributed by atoms with van der Waals surface area (Å²) < 4.78 is 5.40. The van der Waals surface area contributed by atoms with E-state index in [1.54, 1.807) is 26.8 Å². The fourth-order valence-corrected chi connectivity index (χ4v) is 4.11. The van der Waals surface area contributed by atoms with Crippen molar-refractivity contribution in [2.75, 3.05) is 6.54 Å². The van der Waals surface area contributed by atoms with Crippen LogP contribution < -0.4 is 10.6 Å². The summed E-state index contributed by atoms with van der Waals surface area (Å²) in [6, 6.07) is 13.6. The lowest BCUT2D eigenvalue weighted by molar-refractivity contribution is -0.142. The van der Waals surface area contributed by atoms with E-state index in [4.69, 9.17) is 4.74 Å². The first-order valence-corrected chi connectivity index (χ1v) is 12.6. The first-order valence-electron chi connectivity index (χ1n) is 12.6. The van der Waals surface area contributed by atoms with Crippen LogP contribution in [0, 0.1) is 19.8 Å². The predicted molar refractivity (Wildman–Crippen MR) is 147 cm³/mol. The van der Waals surface area contributed by atoms with Gasteiger partial charge in [-0.15, -0.1) is 6.58 Å². The maximum Gasteiger partial charge on any atom is 0.408 e. The van der Waals surface area contributed by atoms with Gasteiger partial charge in [-0.1, -0.05) is 79.6 Å². The first-order chi connectivity index (χ1) is 17.3. The Balaban J connectivity index is 2.46. The van der Waals surface area contributed by atoms with Gasteiger partial charge >= 0.3 is 6.09 Å². The second kappa shape index (κ2) is 13.1. The number of alkyl carbamates (subject to hydrolysis) is 1. The molecular formula is C30H41N3O4. The van der Waals surface area contributed by atoms with Crippen LogP contribution in [-0.4, -0.2) is 41.0 Å². The quantitative estimate of drug-likeness (QED) is 0.432. The molecule has 7 nitrogen and oxygen atoms in total. The Morgan fingerprint density at radius 3 is 2.14 bits per heavy atom. The summed E-state index contributed by atoms with van der Waals surface area (Å²) in [5, 5.41) is 5.71. The summed E-state index contributed by atoms with van der Waals surface area (Å²) >= 11 is 0. The number of hydrogen-bond acceptors (Lipinski definition) is 4. The summed E-state index contributed by atoms with van der Waals surface area (Å²) in [5.41, 5.74) is 2.89. The van der Waals surface area contributed by atoms with Gasteiger partial charge in [-0.05, 0) is 51.7 Å². The molecule has 2 atom stereocenters. The molecule has 0 aliphatic rings. The van der Waals surface area contributed by atoms with E-state index in [0.717, 1.165) is 16.7 Å². The summed E-state index contributed by atoms with van der Waals surface area (Å²) in [5.74, 6) is -0.955. The number of nitrogens with zero attached hydrogens (tertiary/aromatic N) is 1. The molecule has 0 radical (unpaired) electrons. The number of ether oxygens (including phenoxy) is 1. The van der Waals surface area contributed by atoms with E-state index in [0.29, 0.717) is 12.1 Å². The van der Waals surface area contributed by atoms with Gasteiger partial charge in [0, 0.05) is 13.1 Å². The molecule has 0 aromatic heterocycles. The highest BCUT2D eigenvalue weighted by Gasteiger charge is 2.37. The highest BCUT2D eigenvalue weighted by molar-refractivity contribution is 5.92. The van der Waals surface area contributed by atoms with Crippen molar-refractivity contribution in [3.63, 3.8) is 0 Å². The van der Waals surface area contributed by atoms with Crippen molar-refractivity contribution in [3.05, 3.63) is 83.4 Å². The van der Waals surface area contributed by atoms with Crippen molar-refractivity contribution in [1.82, 2.24) is 15.5 Å². The fraction of sp³-hybridized carbons (Fsp3) is 0.433. The molecular weight excluding hydrogens is 466 g/mol. The lowest BCUT2D eigenvalue weighted by atomic mass is 9.96. The Hall–Kier alpha value is -3.61. The van der Waals surface area contributed by atoms with Crippen LogP contribution in [0.15, 0.2) is 61.2 Å². The van der Waals surface area contributed by atoms with Crippen molar-refractivity contribution < 1.29 is 19.1 Å². The lowest BCUT2D eigenvalue weighted by Gasteiger charge is -2.35. The van der Waals surface area contributed by atoms with Crippen molar-refractivity contribution >= 4 is 17.9 Å². The number of nitrogens with one attached hydrogen (secondary N) is 2. The molecule has 0 aliphatic heterocycles. The molecule has 200 valence electrons. The number of hydrogen-bond donors (Lipinski definition) is 2. The minimum absolute atomic E-state index is 0.120. The average Bonchev–Trinajstić information content (AvgIpc) is 2.79. The maximum absolute atomic E-state index is 14.0. The molecule has 2 unspecified atom stereocenters. The SMILES string of the molecule is C=CCN(C(=O)C(NC(=O)OC(C)(C)C)C(C)C)C(C(=O)NCc1ccccc1)c1cc(C)cc(C)c1. The Kier molecular flexibility index (Phi) is 10.5. The molecule has 2 aromatic carbocycles. The van der Waals surface area contributed by atoms with Crippen LogP contribution in [0.1, 0.15) is 62.9 Å². The Bertz CT molecular complexity index is 1070. The Morgan fingerprint density at radius 2 is 1.62 bits per heavy atom. The second-order valence-electron chi connectivity index (χ2n) is 10.7. The van der Waals surface area contributed by atoms with Gasteiger partial charge in [0.05, 0.1) is 0 Å². The highest BCUT2D eigenvalue weighted by atomic mass is 16.6. The molecule has 2 aromatic rings. The monoisotopic (exact) mass is 507 g/mol. The zero-order valence-electron chi connectivity index (χ0n) is 23.1. The molecule has 3 amide bonds. The van der Waals surface area contributed by atoms with E-state index in [9.17, 15) is 14.4 Å². The molecule has 7 heteroatoms. The number of aryl methyl sites for hydroxylation is 2. The van der Waals surface area contributed by atoms with Crippen LogP contribution in [-0.2, 0) is 20.9 Å². The molecule has 37 heavy (non-hydrogen) atoms. The van der Waals surface area contributed by atoms with Crippen LogP contribution in [0.2, 0.25) is 0 Å². The topological polar surface area (TPSA) is 87.7 Å². The number of carbonyl (C=O) groups is 3. The average molecular weight is 508 g/mol. The molecule has 0 spiro atoms. The lowest BCUT2D eigenvalue weighted by Crippen LogP contribution is -2.54. The van der Waals surface area contributed by atoms with Gasteiger partial charge < -0.3 is 20.3 Å². The minimum atomic E-state index is -0.922. The maximum atomic E-state index is 14.0. The normalized spacial score (nSPS) is 12.9. The number of rotatable bonds is 10. The number of amides is 3. The van der Waals surface area contributed by atoms with Crippen LogP contribution in [0.4, 0.5) is 4.79 Å². The van der Waals surface area contributed by atoms with Gasteiger partial charge in [-0.3, -0.25) is 9.59 Å². The zero-order chi connectivity index (χ0) is 27.8. The second-order valence-corrected chi connectivity index (χ2v) is 10.7. The molecule has 0 heterocycles. The minimum Gasteiger partial charge on any atom is -0.444 e. The summed E-state index contributed by atoms with van der Waals surface area (Å²) in [6.07, 6.45) is 0.901. The van der Waals surface area contributed by atoms with E-state index in [1.165, 1.54) is 4.90 Å². The van der Waals surface area contributed by atoms with E-state index in [1.807, 2.05) is 76.2 Å². The predicted octanol–water partition coefficient (Wildman–Crippen LogP) is 5.22. The third kappa shape index (κ3) is 9.08. The van der Waals surface area contributed by atoms with Crippen LogP contribution in [0.25, 0.3) is 0 Å². The number of benzene rings is 2. The molecule has 0 fully saturated rings. The highest BCUT2D eigenvalue weighted by Crippen LogP contribution is 2.26. The molecule has 0 saturated carbocycles. The van der Waals surface area contributed by atoms with E-state index >= 15 is 0 Å². The van der Waals surface area contributed by atoms with Gasteiger partial charge in [-0.2, -0.15) is 0 Å². The molecule has 0 bridgehead atoms. The molecule has 0 saturated heterocycles. The first kappa shape index (κ1) is 29.6. The standard InChI is InChI=1S/C30H41N3O4/c1-9-15-33(28(35)25(20(2)3)32-29(36)37-30(6,7)8)26(24-17-21(4)16-22(5)18-24)27(34)31-19-23-13-11-10-12-14-23/h9-14,16-18,20,25-26H,1,15,19H2,2-8H3,(H,31,34)(H,32,36). The third-order valence-corrected chi connectivity index (χ3v) is 5.64. The van der Waals surface area contributed by atoms with Crippen molar-refractivity contribution in [2.45, 2.75) is 72.7 Å². The van der Waals surface area contributed by atoms with Crippen LogP contribution in [0.3, 0.4) is 0 Å². The molecule has 2 rings (SSSR count). The largest absolute Gasteiger partial charge is 0.444 e. The van der Waals surface area contributed by atoms with Gasteiger partial charge in [0.1, 0.15) is 17.7 Å². The summed E-state index contributed by atoms with van der Waals surface area (Å²) in [6.45, 7) is 17.1. The number of carbonyl (C=O) groups excluding carboxylic acids is 3. The van der Waals surface area contributed by atoms with Gasteiger partial charge in [0.25, 0.3) is 0 Å². The Labute approximate surface area is 221 Å².